The third-order valence-corrected chi connectivity index (χ3v) is 5.17. The zero-order valence-electron chi connectivity index (χ0n) is 16.5. The summed E-state index contributed by atoms with van der Waals surface area (Å²) in [6.07, 6.45) is 6.06. The normalized spacial score (nSPS) is 19.3. The van der Waals surface area contributed by atoms with Crippen molar-refractivity contribution in [2.24, 2.45) is 5.92 Å². The molecule has 1 atom stereocenters. The second-order valence-electron chi connectivity index (χ2n) is 8.13. The van der Waals surface area contributed by atoms with Crippen molar-refractivity contribution >= 4 is 28.8 Å². The van der Waals surface area contributed by atoms with E-state index >= 15 is 0 Å². The van der Waals surface area contributed by atoms with Gasteiger partial charge >= 0.3 is 0 Å². The van der Waals surface area contributed by atoms with E-state index in [1.165, 1.54) is 0 Å². The summed E-state index contributed by atoms with van der Waals surface area (Å²) in [6.45, 7) is 5.81. The van der Waals surface area contributed by atoms with Crippen LogP contribution in [0.2, 0.25) is 0 Å². The fourth-order valence-electron chi connectivity index (χ4n) is 3.70. The third kappa shape index (κ3) is 4.57. The summed E-state index contributed by atoms with van der Waals surface area (Å²) in [6, 6.07) is 15.8. The maximum atomic E-state index is 6.05. The van der Waals surface area contributed by atoms with E-state index < -0.39 is 0 Å². The van der Waals surface area contributed by atoms with Crippen molar-refractivity contribution in [3.63, 3.8) is 0 Å². The van der Waals surface area contributed by atoms with Crippen LogP contribution >= 0.6 is 0 Å². The van der Waals surface area contributed by atoms with E-state index in [-0.39, 0.29) is 5.60 Å². The number of rotatable bonds is 5. The van der Waals surface area contributed by atoms with Gasteiger partial charge < -0.3 is 19.6 Å². The van der Waals surface area contributed by atoms with Crippen molar-refractivity contribution in [2.75, 3.05) is 18.9 Å². The van der Waals surface area contributed by atoms with Crippen molar-refractivity contribution in [1.82, 2.24) is 0 Å². The highest BCUT2D eigenvalue weighted by atomic mass is 16.5. The van der Waals surface area contributed by atoms with E-state index in [4.69, 9.17) is 19.6 Å². The Morgan fingerprint density at radius 2 is 1.93 bits per heavy atom. The van der Waals surface area contributed by atoms with Crippen molar-refractivity contribution in [1.29, 1.82) is 0 Å². The molecular formula is C24H27NO3. The molecule has 1 aliphatic heterocycles. The smallest absolute Gasteiger partial charge is 0.138 e. The Hall–Kier alpha value is -2.72. The maximum Gasteiger partial charge on any atom is 0.138 e. The molecule has 2 aromatic carbocycles. The van der Waals surface area contributed by atoms with Gasteiger partial charge in [0.15, 0.2) is 0 Å². The average molecular weight is 377 g/mol. The van der Waals surface area contributed by atoms with E-state index in [0.717, 1.165) is 53.2 Å². The standard InChI is InChI=1S/C24H27NO3/c1-24(2)15-18(11-12-27-24)16-26-21-10-6-19-13-22(28-23(19)14-21)9-5-17-3-7-20(25)8-4-17/h3-10,13-14,18H,11-12,15-16,25H2,1-2H3. The lowest BCUT2D eigenvalue weighted by Crippen LogP contribution is -2.36. The van der Waals surface area contributed by atoms with Crippen LogP contribution in [0.4, 0.5) is 5.69 Å². The van der Waals surface area contributed by atoms with Crippen LogP contribution in [0.1, 0.15) is 38.0 Å². The van der Waals surface area contributed by atoms with Gasteiger partial charge in [-0.2, -0.15) is 0 Å². The van der Waals surface area contributed by atoms with E-state index in [1.54, 1.807) is 0 Å². The second kappa shape index (κ2) is 7.72. The number of nitrogens with two attached hydrogens (primary N) is 1. The number of ether oxygens (including phenoxy) is 2. The molecule has 0 aliphatic carbocycles. The quantitative estimate of drug-likeness (QED) is 0.574. The highest BCUT2D eigenvalue weighted by molar-refractivity contribution is 5.83. The predicted molar refractivity (Wildman–Crippen MR) is 114 cm³/mol. The van der Waals surface area contributed by atoms with Gasteiger partial charge in [-0.3, -0.25) is 0 Å². The van der Waals surface area contributed by atoms with Crippen molar-refractivity contribution in [2.45, 2.75) is 32.3 Å². The van der Waals surface area contributed by atoms with Crippen LogP contribution in [0.15, 0.2) is 52.9 Å². The summed E-state index contributed by atoms with van der Waals surface area (Å²) in [5.74, 6) is 2.19. The molecule has 0 radical (unpaired) electrons. The minimum Gasteiger partial charge on any atom is -0.493 e. The summed E-state index contributed by atoms with van der Waals surface area (Å²) in [7, 11) is 0. The Bertz CT molecular complexity index is 969. The van der Waals surface area contributed by atoms with Gasteiger partial charge in [-0.1, -0.05) is 18.2 Å². The summed E-state index contributed by atoms with van der Waals surface area (Å²) in [5, 5.41) is 1.07. The van der Waals surface area contributed by atoms with Crippen molar-refractivity contribution in [3.8, 4) is 5.75 Å². The van der Waals surface area contributed by atoms with Gasteiger partial charge in [-0.25, -0.2) is 0 Å². The van der Waals surface area contributed by atoms with Crippen LogP contribution in [-0.4, -0.2) is 18.8 Å². The zero-order chi connectivity index (χ0) is 19.6. The summed E-state index contributed by atoms with van der Waals surface area (Å²) in [4.78, 5) is 0. The first-order valence-corrected chi connectivity index (χ1v) is 9.81. The van der Waals surface area contributed by atoms with Crippen LogP contribution in [0, 0.1) is 5.92 Å². The lowest BCUT2D eigenvalue weighted by molar-refractivity contribution is -0.0785. The van der Waals surface area contributed by atoms with Crippen molar-refractivity contribution in [3.05, 3.63) is 59.9 Å². The van der Waals surface area contributed by atoms with Crippen molar-refractivity contribution < 1.29 is 13.9 Å². The predicted octanol–water partition coefficient (Wildman–Crippen LogP) is 5.77. The van der Waals surface area contributed by atoms with Gasteiger partial charge in [0.2, 0.25) is 0 Å². The second-order valence-corrected chi connectivity index (χ2v) is 8.13. The molecule has 1 unspecified atom stereocenters. The van der Waals surface area contributed by atoms with Gasteiger partial charge in [0.1, 0.15) is 17.1 Å². The molecule has 4 nitrogen and oxygen atoms in total. The lowest BCUT2D eigenvalue weighted by atomic mass is 9.89. The Labute approximate surface area is 165 Å². The molecular weight excluding hydrogens is 350 g/mol. The maximum absolute atomic E-state index is 6.05. The molecule has 28 heavy (non-hydrogen) atoms. The van der Waals surface area contributed by atoms with E-state index in [1.807, 2.05) is 60.7 Å². The molecule has 2 heterocycles. The molecule has 1 aliphatic rings. The molecule has 3 aromatic rings. The molecule has 0 saturated carbocycles. The first-order valence-electron chi connectivity index (χ1n) is 9.81. The largest absolute Gasteiger partial charge is 0.493 e. The summed E-state index contributed by atoms with van der Waals surface area (Å²) < 4.78 is 17.8. The Morgan fingerprint density at radius 3 is 2.71 bits per heavy atom. The van der Waals surface area contributed by atoms with Gasteiger partial charge in [0.25, 0.3) is 0 Å². The molecule has 0 spiro atoms. The first kappa shape index (κ1) is 18.6. The third-order valence-electron chi connectivity index (χ3n) is 5.17. The van der Waals surface area contributed by atoms with Gasteiger partial charge in [-0.05, 0) is 74.6 Å². The fourth-order valence-corrected chi connectivity index (χ4v) is 3.70. The molecule has 4 rings (SSSR count). The molecule has 2 N–H and O–H groups in total. The van der Waals surface area contributed by atoms with Gasteiger partial charge in [0, 0.05) is 23.7 Å². The van der Waals surface area contributed by atoms with Crippen LogP contribution in [0.25, 0.3) is 23.1 Å². The lowest BCUT2D eigenvalue weighted by Gasteiger charge is -2.35. The number of hydrogen-bond acceptors (Lipinski definition) is 4. The van der Waals surface area contributed by atoms with Crippen LogP contribution in [-0.2, 0) is 4.74 Å². The minimum atomic E-state index is -0.0526. The monoisotopic (exact) mass is 377 g/mol. The number of benzene rings is 2. The van der Waals surface area contributed by atoms with Crippen LogP contribution in [0.3, 0.4) is 0 Å². The number of nitrogen functional groups attached to an aromatic ring is 1. The Kier molecular flexibility index (Phi) is 5.14. The van der Waals surface area contributed by atoms with E-state index in [2.05, 4.69) is 13.8 Å². The molecule has 1 aromatic heterocycles. The van der Waals surface area contributed by atoms with Crippen LogP contribution in [0.5, 0.6) is 5.75 Å². The molecule has 0 amide bonds. The minimum absolute atomic E-state index is 0.0526. The molecule has 1 saturated heterocycles. The number of furan rings is 1. The highest BCUT2D eigenvalue weighted by Crippen LogP contribution is 2.30. The highest BCUT2D eigenvalue weighted by Gasteiger charge is 2.29. The van der Waals surface area contributed by atoms with Crippen LogP contribution < -0.4 is 10.5 Å². The SMILES string of the molecule is CC1(C)CC(COc2ccc3cc(C=Cc4ccc(N)cc4)oc3c2)CCO1. The van der Waals surface area contributed by atoms with Gasteiger partial charge in [-0.15, -0.1) is 0 Å². The van der Waals surface area contributed by atoms with E-state index in [0.29, 0.717) is 12.5 Å². The zero-order valence-corrected chi connectivity index (χ0v) is 16.5. The fraction of sp³-hybridized carbons (Fsp3) is 0.333. The molecule has 146 valence electrons. The molecule has 0 bridgehead atoms. The van der Waals surface area contributed by atoms with E-state index in [9.17, 15) is 0 Å². The average Bonchev–Trinajstić information content (AvgIpc) is 3.07. The summed E-state index contributed by atoms with van der Waals surface area (Å²) in [5.41, 5.74) is 8.35. The topological polar surface area (TPSA) is 57.6 Å². The number of anilines is 1. The molecule has 1 fully saturated rings. The Morgan fingerprint density at radius 1 is 1.11 bits per heavy atom. The number of hydrogen-bond donors (Lipinski definition) is 1. The molecule has 4 heteroatoms. The first-order chi connectivity index (χ1) is 13.5. The Balaban J connectivity index is 1.42. The number of fused-ring (bicyclic) bond motifs is 1. The summed E-state index contributed by atoms with van der Waals surface area (Å²) >= 11 is 0. The van der Waals surface area contributed by atoms with Gasteiger partial charge in [0.05, 0.1) is 12.2 Å².